The molecule has 2 rings (SSSR count). The van der Waals surface area contributed by atoms with E-state index in [1.807, 2.05) is 18.2 Å². The van der Waals surface area contributed by atoms with Gasteiger partial charge in [0.05, 0.1) is 5.69 Å². The summed E-state index contributed by atoms with van der Waals surface area (Å²) < 4.78 is 2.06. The number of hydrogen-bond donors (Lipinski definition) is 1. The van der Waals surface area contributed by atoms with Crippen molar-refractivity contribution in [1.29, 1.82) is 0 Å². The molecule has 14 heavy (non-hydrogen) atoms. The van der Waals surface area contributed by atoms with Crippen LogP contribution in [-0.4, -0.2) is 5.91 Å². The maximum Gasteiger partial charge on any atom is 0.227 e. The third-order valence-corrected chi connectivity index (χ3v) is 3.57. The van der Waals surface area contributed by atoms with Crippen LogP contribution in [0.5, 0.6) is 0 Å². The Bertz CT molecular complexity index is 376. The number of carbonyl (C=O) groups is 1. The first-order valence-electron chi connectivity index (χ1n) is 4.43. The third kappa shape index (κ3) is 2.48. The van der Waals surface area contributed by atoms with Crippen molar-refractivity contribution >= 4 is 50.1 Å². The number of amides is 1. The third-order valence-electron chi connectivity index (χ3n) is 2.13. The molecule has 1 saturated carbocycles. The molecule has 0 saturated heterocycles. The van der Waals surface area contributed by atoms with E-state index in [2.05, 4.69) is 43.8 Å². The lowest BCUT2D eigenvalue weighted by Crippen LogP contribution is -2.14. The van der Waals surface area contributed by atoms with Gasteiger partial charge in [-0.3, -0.25) is 4.79 Å². The first-order chi connectivity index (χ1) is 6.66. The average molecular weight is 366 g/mol. The van der Waals surface area contributed by atoms with Crippen LogP contribution in [0.15, 0.2) is 22.7 Å². The highest BCUT2D eigenvalue weighted by atomic mass is 127. The smallest absolute Gasteiger partial charge is 0.227 e. The highest BCUT2D eigenvalue weighted by molar-refractivity contribution is 14.1. The van der Waals surface area contributed by atoms with Crippen molar-refractivity contribution in [2.24, 2.45) is 5.92 Å². The zero-order chi connectivity index (χ0) is 10.1. The fraction of sp³-hybridized carbons (Fsp3) is 0.300. The van der Waals surface area contributed by atoms with Gasteiger partial charge >= 0.3 is 0 Å². The van der Waals surface area contributed by atoms with Crippen LogP contribution in [0.2, 0.25) is 0 Å². The molecule has 0 aromatic heterocycles. The highest BCUT2D eigenvalue weighted by Crippen LogP contribution is 2.31. The summed E-state index contributed by atoms with van der Waals surface area (Å²) >= 11 is 5.60. The number of benzene rings is 1. The molecule has 1 aromatic rings. The molecule has 0 heterocycles. The average Bonchev–Trinajstić information content (AvgIpc) is 2.94. The van der Waals surface area contributed by atoms with Crippen LogP contribution in [0.3, 0.4) is 0 Å². The first-order valence-corrected chi connectivity index (χ1v) is 6.30. The summed E-state index contributed by atoms with van der Waals surface area (Å²) in [6.45, 7) is 0. The number of hydrogen-bond acceptors (Lipinski definition) is 1. The van der Waals surface area contributed by atoms with Gasteiger partial charge in [-0.25, -0.2) is 0 Å². The second kappa shape index (κ2) is 4.18. The van der Waals surface area contributed by atoms with Gasteiger partial charge in [0, 0.05) is 14.0 Å². The monoisotopic (exact) mass is 365 g/mol. The lowest BCUT2D eigenvalue weighted by molar-refractivity contribution is -0.117. The van der Waals surface area contributed by atoms with Crippen LogP contribution in [0.25, 0.3) is 0 Å². The van der Waals surface area contributed by atoms with Crippen molar-refractivity contribution < 1.29 is 4.79 Å². The Morgan fingerprint density at radius 1 is 1.50 bits per heavy atom. The van der Waals surface area contributed by atoms with Crippen LogP contribution in [-0.2, 0) is 4.79 Å². The topological polar surface area (TPSA) is 29.1 Å². The molecule has 2 nitrogen and oxygen atoms in total. The molecule has 1 fully saturated rings. The minimum Gasteiger partial charge on any atom is -0.325 e. The van der Waals surface area contributed by atoms with Gasteiger partial charge in [0.1, 0.15) is 0 Å². The van der Waals surface area contributed by atoms with Crippen LogP contribution in [0, 0.1) is 9.49 Å². The normalized spacial score (nSPS) is 15.3. The highest BCUT2D eigenvalue weighted by Gasteiger charge is 2.29. The second-order valence-corrected chi connectivity index (χ2v) is 5.47. The van der Waals surface area contributed by atoms with Crippen molar-refractivity contribution in [3.05, 3.63) is 26.2 Å². The Morgan fingerprint density at radius 3 is 2.86 bits per heavy atom. The van der Waals surface area contributed by atoms with Gasteiger partial charge in [0.25, 0.3) is 0 Å². The van der Waals surface area contributed by atoms with Crippen molar-refractivity contribution in [3.8, 4) is 0 Å². The molecule has 1 aliphatic carbocycles. The van der Waals surface area contributed by atoms with Crippen LogP contribution in [0.1, 0.15) is 12.8 Å². The summed E-state index contributed by atoms with van der Waals surface area (Å²) in [5, 5.41) is 2.94. The molecule has 1 aromatic carbocycles. The molecule has 0 radical (unpaired) electrons. The molecular weight excluding hydrogens is 357 g/mol. The molecule has 0 atom stereocenters. The summed E-state index contributed by atoms with van der Waals surface area (Å²) in [5.41, 5.74) is 0.900. The van der Waals surface area contributed by atoms with E-state index >= 15 is 0 Å². The molecule has 1 amide bonds. The number of halogens is 2. The molecule has 1 aliphatic rings. The van der Waals surface area contributed by atoms with Crippen molar-refractivity contribution in [1.82, 2.24) is 0 Å². The first kappa shape index (κ1) is 10.4. The van der Waals surface area contributed by atoms with Gasteiger partial charge in [0.15, 0.2) is 0 Å². The Hall–Kier alpha value is -0.100. The number of anilines is 1. The van der Waals surface area contributed by atoms with Gasteiger partial charge < -0.3 is 5.32 Å². The lowest BCUT2D eigenvalue weighted by Gasteiger charge is -2.06. The van der Waals surface area contributed by atoms with Gasteiger partial charge in [-0.2, -0.15) is 0 Å². The van der Waals surface area contributed by atoms with E-state index in [9.17, 15) is 4.79 Å². The lowest BCUT2D eigenvalue weighted by atomic mass is 10.3. The van der Waals surface area contributed by atoms with E-state index in [1.165, 1.54) is 0 Å². The van der Waals surface area contributed by atoms with Crippen molar-refractivity contribution in [2.45, 2.75) is 12.8 Å². The standard InChI is InChI=1S/C10H9BrINO/c11-7-3-4-8(12)9(5-7)13-10(14)6-1-2-6/h3-6H,1-2H2,(H,13,14). The Balaban J connectivity index is 2.14. The molecule has 0 aliphatic heterocycles. The van der Waals surface area contributed by atoms with Crippen molar-refractivity contribution in [3.63, 3.8) is 0 Å². The molecule has 0 spiro atoms. The maximum atomic E-state index is 11.5. The summed E-state index contributed by atoms with van der Waals surface area (Å²) in [4.78, 5) is 11.5. The zero-order valence-corrected chi connectivity index (χ0v) is 11.1. The van der Waals surface area contributed by atoms with Gasteiger partial charge in [-0.15, -0.1) is 0 Å². The molecular formula is C10H9BrINO. The summed E-state index contributed by atoms with van der Waals surface area (Å²) in [7, 11) is 0. The number of nitrogens with one attached hydrogen (secondary N) is 1. The molecule has 4 heteroatoms. The number of rotatable bonds is 2. The number of carbonyl (C=O) groups excluding carboxylic acids is 1. The maximum absolute atomic E-state index is 11.5. The Kier molecular flexibility index (Phi) is 3.11. The largest absolute Gasteiger partial charge is 0.325 e. The summed E-state index contributed by atoms with van der Waals surface area (Å²) in [5.74, 6) is 0.408. The van der Waals surface area contributed by atoms with Crippen molar-refractivity contribution in [2.75, 3.05) is 5.32 Å². The Morgan fingerprint density at radius 2 is 2.21 bits per heavy atom. The van der Waals surface area contributed by atoms with E-state index in [0.29, 0.717) is 0 Å². The van der Waals surface area contributed by atoms with Crippen LogP contribution < -0.4 is 5.32 Å². The Labute approximate surface area is 105 Å². The molecule has 1 N–H and O–H groups in total. The molecule has 0 unspecified atom stereocenters. The zero-order valence-electron chi connectivity index (χ0n) is 7.39. The van der Waals surface area contributed by atoms with Crippen LogP contribution >= 0.6 is 38.5 Å². The predicted octanol–water partition coefficient (Wildman–Crippen LogP) is 3.40. The van der Waals surface area contributed by atoms with E-state index in [0.717, 1.165) is 26.6 Å². The molecule has 0 bridgehead atoms. The second-order valence-electron chi connectivity index (χ2n) is 3.39. The van der Waals surface area contributed by atoms with Gasteiger partial charge in [-0.1, -0.05) is 15.9 Å². The fourth-order valence-electron chi connectivity index (χ4n) is 1.17. The van der Waals surface area contributed by atoms with E-state index in [4.69, 9.17) is 0 Å². The summed E-state index contributed by atoms with van der Waals surface area (Å²) in [6, 6.07) is 5.88. The van der Waals surface area contributed by atoms with Gasteiger partial charge in [-0.05, 0) is 53.6 Å². The SMILES string of the molecule is O=C(Nc1cc(Br)ccc1I)C1CC1. The van der Waals surface area contributed by atoms with Crippen LogP contribution in [0.4, 0.5) is 5.69 Å². The van der Waals surface area contributed by atoms with E-state index in [-0.39, 0.29) is 11.8 Å². The van der Waals surface area contributed by atoms with E-state index < -0.39 is 0 Å². The minimum absolute atomic E-state index is 0.154. The fourth-order valence-corrected chi connectivity index (χ4v) is 2.01. The minimum atomic E-state index is 0.154. The predicted molar refractivity (Wildman–Crippen MR) is 68.2 cm³/mol. The quantitative estimate of drug-likeness (QED) is 0.799. The molecule has 74 valence electrons. The summed E-state index contributed by atoms with van der Waals surface area (Å²) in [6.07, 6.45) is 2.08. The van der Waals surface area contributed by atoms with Gasteiger partial charge in [0.2, 0.25) is 5.91 Å². The van der Waals surface area contributed by atoms with E-state index in [1.54, 1.807) is 0 Å².